The van der Waals surface area contributed by atoms with Gasteiger partial charge in [-0.1, -0.05) is 12.1 Å². The van der Waals surface area contributed by atoms with Crippen LogP contribution in [0.15, 0.2) is 24.3 Å². The summed E-state index contributed by atoms with van der Waals surface area (Å²) in [6.45, 7) is 3.97. The lowest BCUT2D eigenvalue weighted by Crippen LogP contribution is -2.36. The van der Waals surface area contributed by atoms with E-state index in [4.69, 9.17) is 9.47 Å². The van der Waals surface area contributed by atoms with Gasteiger partial charge in [0.2, 0.25) is 0 Å². The van der Waals surface area contributed by atoms with Crippen molar-refractivity contribution >= 4 is 5.91 Å². The van der Waals surface area contributed by atoms with E-state index in [1.54, 1.807) is 7.11 Å². The standard InChI is InChI=1S/C17H24N2O3/c1-21-15-4-2-3-5-16(15)22-12-17(20)19-8-6-13-10-18-11-14(13)7-9-19/h2-5,13-14,18H,6-12H2,1H3/t13-,14+. The first-order chi connectivity index (χ1) is 10.8. The molecule has 0 spiro atoms. The molecule has 2 atom stereocenters. The number of likely N-dealkylation sites (tertiary alicyclic amines) is 1. The maximum absolute atomic E-state index is 12.4. The predicted molar refractivity (Wildman–Crippen MR) is 84.2 cm³/mol. The van der Waals surface area contributed by atoms with E-state index in [0.29, 0.717) is 11.5 Å². The minimum absolute atomic E-state index is 0.0684. The highest BCUT2D eigenvalue weighted by Gasteiger charge is 2.31. The number of hydrogen-bond acceptors (Lipinski definition) is 4. The molecule has 1 aromatic carbocycles. The van der Waals surface area contributed by atoms with Crippen molar-refractivity contribution in [3.63, 3.8) is 0 Å². The van der Waals surface area contributed by atoms with Crippen molar-refractivity contribution in [2.45, 2.75) is 12.8 Å². The maximum atomic E-state index is 12.4. The van der Waals surface area contributed by atoms with Crippen LogP contribution in [0.25, 0.3) is 0 Å². The number of amides is 1. The van der Waals surface area contributed by atoms with E-state index in [2.05, 4.69) is 5.32 Å². The third-order valence-electron chi connectivity index (χ3n) is 4.79. The summed E-state index contributed by atoms with van der Waals surface area (Å²) in [6.07, 6.45) is 2.19. The fraction of sp³-hybridized carbons (Fsp3) is 0.588. The van der Waals surface area contributed by atoms with Gasteiger partial charge in [0, 0.05) is 13.1 Å². The molecule has 2 aliphatic heterocycles. The molecule has 22 heavy (non-hydrogen) atoms. The topological polar surface area (TPSA) is 50.8 Å². The second-order valence-corrected chi connectivity index (χ2v) is 6.08. The Kier molecular flexibility index (Phi) is 4.83. The predicted octanol–water partition coefficient (Wildman–Crippen LogP) is 1.53. The van der Waals surface area contributed by atoms with Crippen molar-refractivity contribution in [2.24, 2.45) is 11.8 Å². The molecule has 2 saturated heterocycles. The number of ether oxygens (including phenoxy) is 2. The third kappa shape index (κ3) is 3.35. The lowest BCUT2D eigenvalue weighted by atomic mass is 9.92. The van der Waals surface area contributed by atoms with Crippen LogP contribution >= 0.6 is 0 Å². The number of fused-ring (bicyclic) bond motifs is 1. The van der Waals surface area contributed by atoms with Crippen LogP contribution in [0.3, 0.4) is 0 Å². The highest BCUT2D eigenvalue weighted by molar-refractivity contribution is 5.77. The van der Waals surface area contributed by atoms with Crippen LogP contribution < -0.4 is 14.8 Å². The fourth-order valence-corrected chi connectivity index (χ4v) is 3.44. The van der Waals surface area contributed by atoms with E-state index in [-0.39, 0.29) is 12.5 Å². The van der Waals surface area contributed by atoms with E-state index < -0.39 is 0 Å². The average molecular weight is 304 g/mol. The summed E-state index contributed by atoms with van der Waals surface area (Å²) in [4.78, 5) is 14.3. The van der Waals surface area contributed by atoms with Gasteiger partial charge in [0.1, 0.15) is 0 Å². The van der Waals surface area contributed by atoms with Crippen LogP contribution in [0.1, 0.15) is 12.8 Å². The molecule has 0 bridgehead atoms. The van der Waals surface area contributed by atoms with E-state index in [1.807, 2.05) is 29.2 Å². The Morgan fingerprint density at radius 2 is 1.82 bits per heavy atom. The zero-order valence-corrected chi connectivity index (χ0v) is 13.1. The minimum Gasteiger partial charge on any atom is -0.493 e. The minimum atomic E-state index is 0.0684. The molecule has 5 nitrogen and oxygen atoms in total. The van der Waals surface area contributed by atoms with Gasteiger partial charge < -0.3 is 19.7 Å². The number of carbonyl (C=O) groups excluding carboxylic acids is 1. The van der Waals surface area contributed by atoms with Crippen LogP contribution in [-0.2, 0) is 4.79 Å². The molecule has 0 aromatic heterocycles. The first-order valence-electron chi connectivity index (χ1n) is 8.02. The number of methoxy groups -OCH3 is 1. The van der Waals surface area contributed by atoms with Gasteiger partial charge in [-0.05, 0) is 49.9 Å². The summed E-state index contributed by atoms with van der Waals surface area (Å²) in [7, 11) is 1.60. The third-order valence-corrected chi connectivity index (χ3v) is 4.79. The Morgan fingerprint density at radius 3 is 2.45 bits per heavy atom. The molecule has 2 aliphatic rings. The van der Waals surface area contributed by atoms with Gasteiger partial charge in [0.15, 0.2) is 18.1 Å². The Bertz CT molecular complexity index is 506. The highest BCUT2D eigenvalue weighted by atomic mass is 16.5. The van der Waals surface area contributed by atoms with Gasteiger partial charge in [0.25, 0.3) is 5.91 Å². The summed E-state index contributed by atoms with van der Waals surface area (Å²) in [5.41, 5.74) is 0. The molecule has 0 radical (unpaired) electrons. The number of benzene rings is 1. The summed E-state index contributed by atoms with van der Waals surface area (Å²) in [5, 5.41) is 3.45. The number of rotatable bonds is 4. The van der Waals surface area contributed by atoms with Crippen LogP contribution in [0, 0.1) is 11.8 Å². The normalized spacial score (nSPS) is 24.5. The van der Waals surface area contributed by atoms with Crippen molar-refractivity contribution in [1.29, 1.82) is 0 Å². The molecule has 1 aromatic rings. The molecule has 5 heteroatoms. The largest absolute Gasteiger partial charge is 0.493 e. The number of nitrogens with zero attached hydrogens (tertiary/aromatic N) is 1. The molecule has 2 heterocycles. The van der Waals surface area contributed by atoms with Crippen LogP contribution in [0.4, 0.5) is 0 Å². The smallest absolute Gasteiger partial charge is 0.260 e. The lowest BCUT2D eigenvalue weighted by molar-refractivity contribution is -0.133. The molecule has 1 amide bonds. The Labute approximate surface area is 131 Å². The highest BCUT2D eigenvalue weighted by Crippen LogP contribution is 2.28. The molecule has 120 valence electrons. The summed E-state index contributed by atoms with van der Waals surface area (Å²) < 4.78 is 10.9. The van der Waals surface area contributed by atoms with Crippen molar-refractivity contribution in [3.8, 4) is 11.5 Å². The lowest BCUT2D eigenvalue weighted by Gasteiger charge is -2.21. The average Bonchev–Trinajstić information content (AvgIpc) is 2.91. The molecule has 0 aliphatic carbocycles. The number of hydrogen-bond donors (Lipinski definition) is 1. The first kappa shape index (κ1) is 15.2. The SMILES string of the molecule is COc1ccccc1OCC(=O)N1CC[C@@H]2CNC[C@@H]2CC1. The molecular weight excluding hydrogens is 280 g/mol. The first-order valence-corrected chi connectivity index (χ1v) is 8.02. The molecule has 0 unspecified atom stereocenters. The fourth-order valence-electron chi connectivity index (χ4n) is 3.44. The second kappa shape index (κ2) is 7.01. The maximum Gasteiger partial charge on any atom is 0.260 e. The Hall–Kier alpha value is -1.75. The molecular formula is C17H24N2O3. The molecule has 1 N–H and O–H groups in total. The monoisotopic (exact) mass is 304 g/mol. The van der Waals surface area contributed by atoms with E-state index in [1.165, 1.54) is 0 Å². The van der Waals surface area contributed by atoms with E-state index >= 15 is 0 Å². The van der Waals surface area contributed by atoms with Crippen LogP contribution in [-0.4, -0.2) is 50.7 Å². The molecule has 3 rings (SSSR count). The number of nitrogens with one attached hydrogen (secondary N) is 1. The number of carbonyl (C=O) groups is 1. The van der Waals surface area contributed by atoms with E-state index in [9.17, 15) is 4.79 Å². The van der Waals surface area contributed by atoms with Crippen molar-refractivity contribution in [1.82, 2.24) is 10.2 Å². The zero-order chi connectivity index (χ0) is 15.4. The number of para-hydroxylation sites is 2. The quantitative estimate of drug-likeness (QED) is 0.916. The summed E-state index contributed by atoms with van der Waals surface area (Å²) >= 11 is 0. The summed E-state index contributed by atoms with van der Waals surface area (Å²) in [5.74, 6) is 2.81. The van der Waals surface area contributed by atoms with Crippen LogP contribution in [0.2, 0.25) is 0 Å². The van der Waals surface area contributed by atoms with Crippen molar-refractivity contribution in [2.75, 3.05) is 39.9 Å². The molecule has 2 fully saturated rings. The van der Waals surface area contributed by atoms with Gasteiger partial charge in [-0.2, -0.15) is 0 Å². The van der Waals surface area contributed by atoms with Crippen LogP contribution in [0.5, 0.6) is 11.5 Å². The zero-order valence-electron chi connectivity index (χ0n) is 13.1. The van der Waals surface area contributed by atoms with E-state index in [0.717, 1.165) is 50.9 Å². The Balaban J connectivity index is 1.53. The Morgan fingerprint density at radius 1 is 1.18 bits per heavy atom. The molecule has 0 saturated carbocycles. The van der Waals surface area contributed by atoms with Gasteiger partial charge in [-0.3, -0.25) is 4.79 Å². The second-order valence-electron chi connectivity index (χ2n) is 6.08. The van der Waals surface area contributed by atoms with Gasteiger partial charge in [0.05, 0.1) is 7.11 Å². The summed E-state index contributed by atoms with van der Waals surface area (Å²) in [6, 6.07) is 7.42. The van der Waals surface area contributed by atoms with Gasteiger partial charge in [-0.15, -0.1) is 0 Å². The van der Waals surface area contributed by atoms with Gasteiger partial charge >= 0.3 is 0 Å². The van der Waals surface area contributed by atoms with Crippen molar-refractivity contribution < 1.29 is 14.3 Å². The van der Waals surface area contributed by atoms with Gasteiger partial charge in [-0.25, -0.2) is 0 Å². The van der Waals surface area contributed by atoms with Crippen molar-refractivity contribution in [3.05, 3.63) is 24.3 Å².